The zero-order chi connectivity index (χ0) is 18.4. The number of benzene rings is 1. The second kappa shape index (κ2) is 9.26. The number of nitrogens with one attached hydrogen (secondary N) is 2. The molecular weight excluding hydrogens is 326 g/mol. The van der Waals surface area contributed by atoms with Crippen LogP contribution < -0.4 is 15.5 Å². The summed E-state index contributed by atoms with van der Waals surface area (Å²) in [6.07, 6.45) is 8.90. The molecule has 144 valence electrons. The normalized spacial score (nSPS) is 25.2. The zero-order valence-corrected chi connectivity index (χ0v) is 16.2. The summed E-state index contributed by atoms with van der Waals surface area (Å²) in [6, 6.07) is 8.28. The number of carbonyl (C=O) groups excluding carboxylic acids is 1. The lowest BCUT2D eigenvalue weighted by atomic mass is 9.97. The summed E-state index contributed by atoms with van der Waals surface area (Å²) in [6.45, 7) is 5.88. The average molecular weight is 360 g/mol. The van der Waals surface area contributed by atoms with Gasteiger partial charge < -0.3 is 20.3 Å². The van der Waals surface area contributed by atoms with Crippen LogP contribution in [-0.2, 0) is 4.74 Å². The number of hydrogen-bond donors (Lipinski definition) is 2. The Bertz CT molecular complexity index is 574. The first-order valence-electron chi connectivity index (χ1n) is 10.2. The molecule has 2 amide bonds. The van der Waals surface area contributed by atoms with Crippen molar-refractivity contribution in [1.29, 1.82) is 0 Å². The fourth-order valence-corrected chi connectivity index (χ4v) is 4.17. The minimum atomic E-state index is -0.0858. The number of carbonyl (C=O) groups is 1. The van der Waals surface area contributed by atoms with Crippen molar-refractivity contribution in [1.82, 2.24) is 5.32 Å². The summed E-state index contributed by atoms with van der Waals surface area (Å²) >= 11 is 0. The standard InChI is InChI=1S/C21H33N3O2/c1-16-14-24(15-17(2)26-16)20-13-9-8-12-19(20)23-21(25)22-18-10-6-4-3-5-7-11-18/h8-9,12-13,16-18H,3-7,10-11,14-15H2,1-2H3,(H2,22,23,25)/t16-,17-/m1/s1. The number of para-hydroxylation sites is 2. The molecule has 26 heavy (non-hydrogen) atoms. The Balaban J connectivity index is 1.63. The van der Waals surface area contributed by atoms with Crippen LogP contribution in [0.25, 0.3) is 0 Å². The third-order valence-corrected chi connectivity index (χ3v) is 5.35. The molecule has 2 N–H and O–H groups in total. The van der Waals surface area contributed by atoms with Gasteiger partial charge in [-0.15, -0.1) is 0 Å². The Morgan fingerprint density at radius 2 is 1.62 bits per heavy atom. The molecule has 0 aromatic heterocycles. The lowest BCUT2D eigenvalue weighted by Gasteiger charge is -2.37. The molecule has 0 radical (unpaired) electrons. The lowest BCUT2D eigenvalue weighted by molar-refractivity contribution is -0.00517. The molecular formula is C21H33N3O2. The Kier molecular flexibility index (Phi) is 6.78. The summed E-state index contributed by atoms with van der Waals surface area (Å²) in [7, 11) is 0. The summed E-state index contributed by atoms with van der Waals surface area (Å²) in [5, 5.41) is 6.28. The highest BCUT2D eigenvalue weighted by Crippen LogP contribution is 2.28. The molecule has 5 heteroatoms. The van der Waals surface area contributed by atoms with Crippen molar-refractivity contribution >= 4 is 17.4 Å². The minimum Gasteiger partial charge on any atom is -0.372 e. The van der Waals surface area contributed by atoms with Crippen LogP contribution in [0.3, 0.4) is 0 Å². The molecule has 1 saturated carbocycles. The quantitative estimate of drug-likeness (QED) is 0.833. The molecule has 0 bridgehead atoms. The van der Waals surface area contributed by atoms with E-state index in [9.17, 15) is 4.79 Å². The van der Waals surface area contributed by atoms with Crippen LogP contribution in [0.4, 0.5) is 16.2 Å². The molecule has 2 fully saturated rings. The van der Waals surface area contributed by atoms with Crippen LogP contribution in [0, 0.1) is 0 Å². The molecule has 1 aliphatic heterocycles. The molecule has 0 spiro atoms. The topological polar surface area (TPSA) is 53.6 Å². The number of hydrogen-bond acceptors (Lipinski definition) is 3. The molecule has 1 aromatic carbocycles. The predicted molar refractivity (Wildman–Crippen MR) is 107 cm³/mol. The molecule has 5 nitrogen and oxygen atoms in total. The predicted octanol–water partition coefficient (Wildman–Crippen LogP) is 4.53. The van der Waals surface area contributed by atoms with Gasteiger partial charge in [0.2, 0.25) is 0 Å². The van der Waals surface area contributed by atoms with E-state index in [1.165, 1.54) is 32.1 Å². The smallest absolute Gasteiger partial charge is 0.319 e. The van der Waals surface area contributed by atoms with Crippen LogP contribution in [-0.4, -0.2) is 37.4 Å². The Morgan fingerprint density at radius 3 is 2.31 bits per heavy atom. The molecule has 0 unspecified atom stereocenters. The van der Waals surface area contributed by atoms with Gasteiger partial charge in [0.25, 0.3) is 0 Å². The van der Waals surface area contributed by atoms with Gasteiger partial charge in [-0.05, 0) is 38.8 Å². The number of nitrogens with zero attached hydrogens (tertiary/aromatic N) is 1. The highest BCUT2D eigenvalue weighted by atomic mass is 16.5. The number of rotatable bonds is 3. The van der Waals surface area contributed by atoms with Crippen molar-refractivity contribution in [3.05, 3.63) is 24.3 Å². The van der Waals surface area contributed by atoms with Gasteiger partial charge in [0.15, 0.2) is 0 Å². The van der Waals surface area contributed by atoms with Crippen molar-refractivity contribution in [2.24, 2.45) is 0 Å². The van der Waals surface area contributed by atoms with Crippen molar-refractivity contribution < 1.29 is 9.53 Å². The molecule has 1 saturated heterocycles. The van der Waals surface area contributed by atoms with E-state index in [1.807, 2.05) is 18.2 Å². The summed E-state index contributed by atoms with van der Waals surface area (Å²) in [5.41, 5.74) is 1.94. The first-order chi connectivity index (χ1) is 12.6. The van der Waals surface area contributed by atoms with Crippen molar-refractivity contribution in [3.63, 3.8) is 0 Å². The molecule has 2 aliphatic rings. The van der Waals surface area contributed by atoms with E-state index in [1.54, 1.807) is 0 Å². The Labute approximate surface area is 157 Å². The van der Waals surface area contributed by atoms with E-state index < -0.39 is 0 Å². The second-order valence-electron chi connectivity index (χ2n) is 7.82. The monoisotopic (exact) mass is 359 g/mol. The van der Waals surface area contributed by atoms with Gasteiger partial charge in [-0.2, -0.15) is 0 Å². The van der Waals surface area contributed by atoms with Gasteiger partial charge in [0.1, 0.15) is 0 Å². The van der Waals surface area contributed by atoms with Gasteiger partial charge in [0, 0.05) is 19.1 Å². The van der Waals surface area contributed by atoms with Gasteiger partial charge in [-0.25, -0.2) is 4.79 Å². The minimum absolute atomic E-state index is 0.0858. The average Bonchev–Trinajstić information content (AvgIpc) is 2.57. The maximum absolute atomic E-state index is 12.6. The van der Waals surface area contributed by atoms with Crippen LogP contribution in [0.1, 0.15) is 58.8 Å². The van der Waals surface area contributed by atoms with Crippen molar-refractivity contribution in [3.8, 4) is 0 Å². The van der Waals surface area contributed by atoms with E-state index in [4.69, 9.17) is 4.74 Å². The van der Waals surface area contributed by atoms with Gasteiger partial charge >= 0.3 is 6.03 Å². The van der Waals surface area contributed by atoms with Gasteiger partial charge in [0.05, 0.1) is 23.6 Å². The molecule has 1 aliphatic carbocycles. The fraction of sp³-hybridized carbons (Fsp3) is 0.667. The van der Waals surface area contributed by atoms with Crippen molar-refractivity contribution in [2.45, 2.75) is 77.0 Å². The van der Waals surface area contributed by atoms with E-state index in [2.05, 4.69) is 35.4 Å². The zero-order valence-electron chi connectivity index (χ0n) is 16.2. The third kappa shape index (κ3) is 5.37. The van der Waals surface area contributed by atoms with E-state index in [0.29, 0.717) is 6.04 Å². The summed E-state index contributed by atoms with van der Waals surface area (Å²) < 4.78 is 5.84. The number of ether oxygens (including phenoxy) is 1. The molecule has 3 rings (SSSR count). The molecule has 2 atom stereocenters. The number of anilines is 2. The van der Waals surface area contributed by atoms with E-state index >= 15 is 0 Å². The van der Waals surface area contributed by atoms with Gasteiger partial charge in [-0.3, -0.25) is 0 Å². The molecule has 1 heterocycles. The number of amides is 2. The highest BCUT2D eigenvalue weighted by molar-refractivity contribution is 5.93. The lowest BCUT2D eigenvalue weighted by Crippen LogP contribution is -2.46. The number of morpholine rings is 1. The van der Waals surface area contributed by atoms with E-state index in [-0.39, 0.29) is 18.2 Å². The summed E-state index contributed by atoms with van der Waals surface area (Å²) in [4.78, 5) is 14.9. The third-order valence-electron chi connectivity index (χ3n) is 5.35. The van der Waals surface area contributed by atoms with Crippen LogP contribution >= 0.6 is 0 Å². The maximum Gasteiger partial charge on any atom is 0.319 e. The second-order valence-corrected chi connectivity index (χ2v) is 7.82. The maximum atomic E-state index is 12.6. The largest absolute Gasteiger partial charge is 0.372 e. The highest BCUT2D eigenvalue weighted by Gasteiger charge is 2.24. The van der Waals surface area contributed by atoms with Crippen molar-refractivity contribution in [2.75, 3.05) is 23.3 Å². The van der Waals surface area contributed by atoms with Crippen LogP contribution in [0.2, 0.25) is 0 Å². The van der Waals surface area contributed by atoms with Crippen LogP contribution in [0.5, 0.6) is 0 Å². The number of urea groups is 1. The Morgan fingerprint density at radius 1 is 1.00 bits per heavy atom. The van der Waals surface area contributed by atoms with E-state index in [0.717, 1.165) is 37.3 Å². The first kappa shape index (κ1) is 19.0. The fourth-order valence-electron chi connectivity index (χ4n) is 4.17. The Hall–Kier alpha value is -1.75. The van der Waals surface area contributed by atoms with Gasteiger partial charge in [-0.1, -0.05) is 44.2 Å². The summed E-state index contributed by atoms with van der Waals surface area (Å²) in [5.74, 6) is 0. The molecule has 1 aromatic rings. The first-order valence-corrected chi connectivity index (χ1v) is 10.2. The SMILES string of the molecule is C[C@@H]1CN(c2ccccc2NC(=O)NC2CCCCCCC2)C[C@@H](C)O1. The van der Waals surface area contributed by atoms with Crippen LogP contribution in [0.15, 0.2) is 24.3 Å².